The minimum absolute atomic E-state index is 0.119. The van der Waals surface area contributed by atoms with E-state index >= 15 is 0 Å². The molecule has 0 aromatic heterocycles. The highest BCUT2D eigenvalue weighted by Gasteiger charge is 2.38. The Balaban J connectivity index is 2.26. The first-order valence-corrected chi connectivity index (χ1v) is 9.79. The van der Waals surface area contributed by atoms with Crippen LogP contribution in [0.15, 0.2) is 23.1 Å². The lowest BCUT2D eigenvalue weighted by Crippen LogP contribution is -2.40. The summed E-state index contributed by atoms with van der Waals surface area (Å²) in [7, 11) is -7.04. The first-order valence-electron chi connectivity index (χ1n) is 6.05. The number of aryl methyl sites for hydroxylation is 2. The van der Waals surface area contributed by atoms with Gasteiger partial charge in [-0.2, -0.15) is 0 Å². The van der Waals surface area contributed by atoms with Gasteiger partial charge in [0.05, 0.1) is 27.8 Å². The average Bonchev–Trinajstić information content (AvgIpc) is 2.54. The van der Waals surface area contributed by atoms with Crippen LogP contribution in [0.5, 0.6) is 0 Å². The number of hydrogen-bond acceptors (Lipinski definition) is 4. The molecule has 0 aliphatic carbocycles. The van der Waals surface area contributed by atoms with Crippen LogP contribution in [0.4, 0.5) is 0 Å². The maximum atomic E-state index is 12.2. The monoisotopic (exact) mass is 337 g/mol. The fraction of sp³-hybridized carbons (Fsp3) is 0.500. The first-order chi connectivity index (χ1) is 9.11. The molecule has 0 saturated carbocycles. The van der Waals surface area contributed by atoms with Crippen molar-refractivity contribution in [1.82, 2.24) is 4.72 Å². The normalized spacial score (nSPS) is 25.8. The summed E-state index contributed by atoms with van der Waals surface area (Å²) in [6, 6.07) is 3.99. The van der Waals surface area contributed by atoms with Gasteiger partial charge in [-0.1, -0.05) is 6.07 Å². The number of sulfone groups is 1. The molecule has 1 saturated heterocycles. The summed E-state index contributed by atoms with van der Waals surface area (Å²) in [6.07, 6.45) is 0. The van der Waals surface area contributed by atoms with Crippen molar-refractivity contribution in [3.05, 3.63) is 29.3 Å². The highest BCUT2D eigenvalue weighted by atomic mass is 35.5. The molecule has 0 amide bonds. The van der Waals surface area contributed by atoms with E-state index in [-0.39, 0.29) is 16.4 Å². The molecule has 1 heterocycles. The van der Waals surface area contributed by atoms with Crippen LogP contribution in [-0.2, 0) is 19.9 Å². The van der Waals surface area contributed by atoms with E-state index in [1.165, 1.54) is 6.07 Å². The number of alkyl halides is 1. The largest absolute Gasteiger partial charge is 0.240 e. The smallest absolute Gasteiger partial charge is 0.229 e. The van der Waals surface area contributed by atoms with Crippen molar-refractivity contribution in [2.75, 3.05) is 11.5 Å². The SMILES string of the molecule is Cc1ccc(S(=O)(=O)N[C@H]2CS(=O)(=O)C[C@@H]2Cl)cc1C. The van der Waals surface area contributed by atoms with Crippen molar-refractivity contribution >= 4 is 31.5 Å². The summed E-state index contributed by atoms with van der Waals surface area (Å²) in [5.41, 5.74) is 1.84. The summed E-state index contributed by atoms with van der Waals surface area (Å²) in [5, 5.41) is -0.735. The van der Waals surface area contributed by atoms with Crippen molar-refractivity contribution in [2.45, 2.75) is 30.2 Å². The van der Waals surface area contributed by atoms with E-state index in [4.69, 9.17) is 11.6 Å². The Kier molecular flexibility index (Phi) is 4.17. The standard InChI is InChI=1S/C12H16ClNO4S2/c1-8-3-4-10(5-9(8)2)20(17,18)14-12-7-19(15,16)6-11(12)13/h3-5,11-12,14H,6-7H2,1-2H3/t11-,12-/m0/s1. The van der Waals surface area contributed by atoms with Crippen LogP contribution in [0, 0.1) is 13.8 Å². The third-order valence-corrected chi connectivity index (χ3v) is 7.24. The van der Waals surface area contributed by atoms with Crippen molar-refractivity contribution in [3.63, 3.8) is 0 Å². The molecule has 1 N–H and O–H groups in total. The van der Waals surface area contributed by atoms with Crippen LogP contribution >= 0.6 is 11.6 Å². The Morgan fingerprint density at radius 1 is 1.20 bits per heavy atom. The molecule has 0 spiro atoms. The van der Waals surface area contributed by atoms with Gasteiger partial charge < -0.3 is 0 Å². The third kappa shape index (κ3) is 3.33. The lowest BCUT2D eigenvalue weighted by Gasteiger charge is -2.15. The Morgan fingerprint density at radius 3 is 2.35 bits per heavy atom. The zero-order chi connectivity index (χ0) is 15.1. The van der Waals surface area contributed by atoms with Gasteiger partial charge in [0.25, 0.3) is 0 Å². The second-order valence-corrected chi connectivity index (χ2v) is 9.50. The molecule has 2 rings (SSSR count). The van der Waals surface area contributed by atoms with Crippen LogP contribution < -0.4 is 4.72 Å². The molecule has 1 aromatic rings. The quantitative estimate of drug-likeness (QED) is 0.834. The number of sulfonamides is 1. The molecule has 20 heavy (non-hydrogen) atoms. The van der Waals surface area contributed by atoms with E-state index in [0.717, 1.165) is 11.1 Å². The topological polar surface area (TPSA) is 80.3 Å². The number of rotatable bonds is 3. The lowest BCUT2D eigenvalue weighted by atomic mass is 10.1. The van der Waals surface area contributed by atoms with Crippen molar-refractivity contribution in [2.24, 2.45) is 0 Å². The number of nitrogens with one attached hydrogen (secondary N) is 1. The summed E-state index contributed by atoms with van der Waals surface area (Å²) < 4.78 is 49.8. The third-order valence-electron chi connectivity index (χ3n) is 3.38. The summed E-state index contributed by atoms with van der Waals surface area (Å²) in [6.45, 7) is 3.70. The summed E-state index contributed by atoms with van der Waals surface area (Å²) in [4.78, 5) is 0.119. The maximum Gasteiger partial charge on any atom is 0.240 e. The van der Waals surface area contributed by atoms with Crippen LogP contribution in [0.25, 0.3) is 0 Å². The maximum absolute atomic E-state index is 12.2. The Hall–Kier alpha value is -0.630. The van der Waals surface area contributed by atoms with Crippen LogP contribution in [0.3, 0.4) is 0 Å². The fourth-order valence-corrected chi connectivity index (χ4v) is 6.15. The van der Waals surface area contributed by atoms with Gasteiger partial charge in [-0.3, -0.25) is 0 Å². The molecule has 2 atom stereocenters. The Morgan fingerprint density at radius 2 is 1.85 bits per heavy atom. The minimum Gasteiger partial charge on any atom is -0.229 e. The Labute approximate surface area is 124 Å². The number of hydrogen-bond donors (Lipinski definition) is 1. The van der Waals surface area contributed by atoms with Gasteiger partial charge in [-0.25, -0.2) is 21.6 Å². The van der Waals surface area contributed by atoms with Crippen molar-refractivity contribution in [3.8, 4) is 0 Å². The van der Waals surface area contributed by atoms with Gasteiger partial charge >= 0.3 is 0 Å². The van der Waals surface area contributed by atoms with Gasteiger partial charge in [-0.05, 0) is 37.1 Å². The minimum atomic E-state index is -3.76. The van der Waals surface area contributed by atoms with E-state index in [2.05, 4.69) is 4.72 Å². The first kappa shape index (κ1) is 15.8. The molecule has 0 unspecified atom stereocenters. The molecule has 5 nitrogen and oxygen atoms in total. The van der Waals surface area contributed by atoms with Gasteiger partial charge in [0.2, 0.25) is 10.0 Å². The zero-order valence-electron chi connectivity index (χ0n) is 11.1. The van der Waals surface area contributed by atoms with E-state index in [1.807, 2.05) is 13.8 Å². The molecule has 1 fully saturated rings. The summed E-state index contributed by atoms with van der Waals surface area (Å²) >= 11 is 5.91. The molecular formula is C12H16ClNO4S2. The van der Waals surface area contributed by atoms with Crippen LogP contribution in [0.2, 0.25) is 0 Å². The molecule has 1 aromatic carbocycles. The summed E-state index contributed by atoms with van der Waals surface area (Å²) in [5.74, 6) is -0.458. The molecule has 112 valence electrons. The highest BCUT2D eigenvalue weighted by Crippen LogP contribution is 2.21. The predicted molar refractivity (Wildman–Crippen MR) is 78.3 cm³/mol. The predicted octanol–water partition coefficient (Wildman–Crippen LogP) is 0.986. The number of halogens is 1. The fourth-order valence-electron chi connectivity index (χ4n) is 2.06. The molecule has 1 aliphatic heterocycles. The molecule has 8 heteroatoms. The second kappa shape index (κ2) is 5.29. The molecule has 0 radical (unpaired) electrons. The molecular weight excluding hydrogens is 322 g/mol. The van der Waals surface area contributed by atoms with Gasteiger partial charge in [0.1, 0.15) is 0 Å². The van der Waals surface area contributed by atoms with Crippen molar-refractivity contribution < 1.29 is 16.8 Å². The van der Waals surface area contributed by atoms with E-state index in [9.17, 15) is 16.8 Å². The van der Waals surface area contributed by atoms with Crippen LogP contribution in [0.1, 0.15) is 11.1 Å². The molecule has 1 aliphatic rings. The second-order valence-electron chi connectivity index (χ2n) is 5.07. The highest BCUT2D eigenvalue weighted by molar-refractivity contribution is 7.92. The number of benzene rings is 1. The average molecular weight is 338 g/mol. The van der Waals surface area contributed by atoms with E-state index in [0.29, 0.717) is 0 Å². The zero-order valence-corrected chi connectivity index (χ0v) is 13.5. The van der Waals surface area contributed by atoms with Gasteiger partial charge in [0, 0.05) is 0 Å². The van der Waals surface area contributed by atoms with Gasteiger partial charge in [-0.15, -0.1) is 11.6 Å². The lowest BCUT2D eigenvalue weighted by molar-refractivity contribution is 0.563. The van der Waals surface area contributed by atoms with Crippen molar-refractivity contribution in [1.29, 1.82) is 0 Å². The Bertz CT molecular complexity index is 728. The van der Waals surface area contributed by atoms with Gasteiger partial charge in [0.15, 0.2) is 9.84 Å². The van der Waals surface area contributed by atoms with Crippen LogP contribution in [-0.4, -0.2) is 39.8 Å². The van der Waals surface area contributed by atoms with E-state index in [1.54, 1.807) is 12.1 Å². The molecule has 0 bridgehead atoms. The van der Waals surface area contributed by atoms with E-state index < -0.39 is 31.3 Å².